The van der Waals surface area contributed by atoms with Crippen LogP contribution in [0.5, 0.6) is 0 Å². The quantitative estimate of drug-likeness (QED) is 0.509. The average Bonchev–Trinajstić information content (AvgIpc) is 3.22. The Kier molecular flexibility index (Phi) is 7.43. The third kappa shape index (κ3) is 5.19. The number of aromatic nitrogens is 4. The summed E-state index contributed by atoms with van der Waals surface area (Å²) in [4.78, 5) is 52.6. The van der Waals surface area contributed by atoms with Gasteiger partial charge in [-0.1, -0.05) is 45.4 Å². The number of nitrogens with one attached hydrogen (secondary N) is 2. The molecule has 2 saturated carbocycles. The third-order valence-electron chi connectivity index (χ3n) is 7.69. The van der Waals surface area contributed by atoms with Crippen molar-refractivity contribution in [1.82, 2.24) is 29.4 Å². The van der Waals surface area contributed by atoms with Gasteiger partial charge < -0.3 is 10.6 Å². The standard InChI is InChI=1S/C27H36N6O4/c1-2-15-31-25(36)21-14-13-18(24(35)29-20-11-7-4-8-12-20)16-22(21)33-26(31)30-32(27(33)37)17-23(34)28-19-9-5-3-6-10-19/h13-14,16,19-20H,2-12,15,17H2,1H3,(H,28,34)(H,29,35). The lowest BCUT2D eigenvalue weighted by Crippen LogP contribution is -2.40. The molecule has 0 radical (unpaired) electrons. The van der Waals surface area contributed by atoms with Crippen LogP contribution in [0.3, 0.4) is 0 Å². The maximum atomic E-state index is 13.5. The number of carbonyl (C=O) groups is 2. The molecule has 0 atom stereocenters. The molecule has 198 valence electrons. The Bertz CT molecular complexity index is 1420. The first-order chi connectivity index (χ1) is 18.0. The summed E-state index contributed by atoms with van der Waals surface area (Å²) >= 11 is 0. The minimum Gasteiger partial charge on any atom is -0.352 e. The van der Waals surface area contributed by atoms with Gasteiger partial charge in [-0.2, -0.15) is 0 Å². The summed E-state index contributed by atoms with van der Waals surface area (Å²) < 4.78 is 3.95. The number of nitrogens with zero attached hydrogens (tertiary/aromatic N) is 4. The molecule has 5 rings (SSSR count). The van der Waals surface area contributed by atoms with Crippen molar-refractivity contribution < 1.29 is 9.59 Å². The van der Waals surface area contributed by atoms with Crippen molar-refractivity contribution in [2.24, 2.45) is 0 Å². The van der Waals surface area contributed by atoms with Crippen LogP contribution in [0.1, 0.15) is 87.9 Å². The van der Waals surface area contributed by atoms with Crippen molar-refractivity contribution in [2.45, 2.75) is 103 Å². The molecular weight excluding hydrogens is 472 g/mol. The van der Waals surface area contributed by atoms with Gasteiger partial charge in [0.2, 0.25) is 11.7 Å². The highest BCUT2D eigenvalue weighted by Crippen LogP contribution is 2.20. The van der Waals surface area contributed by atoms with Crippen molar-refractivity contribution in [3.63, 3.8) is 0 Å². The van der Waals surface area contributed by atoms with Gasteiger partial charge in [0, 0.05) is 24.2 Å². The van der Waals surface area contributed by atoms with Crippen LogP contribution in [0.4, 0.5) is 0 Å². The normalized spacial score (nSPS) is 17.3. The largest absolute Gasteiger partial charge is 0.352 e. The highest BCUT2D eigenvalue weighted by molar-refractivity contribution is 5.98. The molecule has 2 aromatic heterocycles. The summed E-state index contributed by atoms with van der Waals surface area (Å²) in [6.07, 6.45) is 11.2. The Labute approximate surface area is 215 Å². The molecule has 1 aromatic carbocycles. The summed E-state index contributed by atoms with van der Waals surface area (Å²) in [6, 6.07) is 5.10. The van der Waals surface area contributed by atoms with Gasteiger partial charge in [0.25, 0.3) is 11.5 Å². The Morgan fingerprint density at radius 2 is 1.59 bits per heavy atom. The van der Waals surface area contributed by atoms with Gasteiger partial charge in [0.05, 0.1) is 10.9 Å². The lowest BCUT2D eigenvalue weighted by atomic mass is 9.95. The van der Waals surface area contributed by atoms with Crippen LogP contribution in [0, 0.1) is 0 Å². The number of rotatable bonds is 7. The second-order valence-electron chi connectivity index (χ2n) is 10.5. The lowest BCUT2D eigenvalue weighted by molar-refractivity contribution is -0.122. The van der Waals surface area contributed by atoms with Gasteiger partial charge in [-0.05, 0) is 50.3 Å². The predicted octanol–water partition coefficient (Wildman–Crippen LogP) is 2.73. The molecule has 2 amide bonds. The molecule has 2 aliphatic carbocycles. The number of amides is 2. The van der Waals surface area contributed by atoms with Crippen molar-refractivity contribution in [2.75, 3.05) is 0 Å². The first-order valence-corrected chi connectivity index (χ1v) is 13.7. The molecule has 3 aromatic rings. The number of aryl methyl sites for hydroxylation is 1. The molecule has 2 aliphatic rings. The second kappa shape index (κ2) is 10.9. The van der Waals surface area contributed by atoms with E-state index in [4.69, 9.17) is 0 Å². The zero-order valence-corrected chi connectivity index (χ0v) is 21.5. The highest BCUT2D eigenvalue weighted by atomic mass is 16.2. The molecule has 2 heterocycles. The zero-order chi connectivity index (χ0) is 25.9. The van der Waals surface area contributed by atoms with E-state index >= 15 is 0 Å². The highest BCUT2D eigenvalue weighted by Gasteiger charge is 2.22. The summed E-state index contributed by atoms with van der Waals surface area (Å²) in [5, 5.41) is 10.9. The fourth-order valence-corrected chi connectivity index (χ4v) is 5.76. The second-order valence-corrected chi connectivity index (χ2v) is 10.5. The molecule has 0 unspecified atom stereocenters. The first-order valence-electron chi connectivity index (χ1n) is 13.7. The Morgan fingerprint density at radius 1 is 0.946 bits per heavy atom. The molecule has 2 N–H and O–H groups in total. The fourth-order valence-electron chi connectivity index (χ4n) is 5.76. The van der Waals surface area contributed by atoms with Crippen molar-refractivity contribution >= 4 is 28.5 Å². The van der Waals surface area contributed by atoms with E-state index in [1.807, 2.05) is 6.92 Å². The minimum atomic E-state index is -0.506. The lowest BCUT2D eigenvalue weighted by Gasteiger charge is -2.22. The molecule has 0 spiro atoms. The molecule has 37 heavy (non-hydrogen) atoms. The van der Waals surface area contributed by atoms with Crippen LogP contribution in [-0.2, 0) is 17.9 Å². The number of fused-ring (bicyclic) bond motifs is 3. The number of carbonyl (C=O) groups excluding carboxylic acids is 2. The van der Waals surface area contributed by atoms with Gasteiger partial charge in [-0.3, -0.25) is 19.0 Å². The maximum absolute atomic E-state index is 13.5. The average molecular weight is 509 g/mol. The smallest absolute Gasteiger partial charge is 0.352 e. The van der Waals surface area contributed by atoms with E-state index in [-0.39, 0.29) is 41.8 Å². The van der Waals surface area contributed by atoms with Gasteiger partial charge in [-0.25, -0.2) is 13.9 Å². The van der Waals surface area contributed by atoms with Crippen LogP contribution in [0.15, 0.2) is 27.8 Å². The SMILES string of the molecule is CCCn1c(=O)c2ccc(C(=O)NC3CCCCC3)cc2n2c(=O)n(CC(=O)NC3CCCCC3)nc12. The fraction of sp³-hybridized carbons (Fsp3) is 0.593. The Balaban J connectivity index is 1.52. The molecule has 10 nitrogen and oxygen atoms in total. The maximum Gasteiger partial charge on any atom is 0.352 e. The minimum absolute atomic E-state index is 0.123. The van der Waals surface area contributed by atoms with Crippen LogP contribution >= 0.6 is 0 Å². The van der Waals surface area contributed by atoms with Gasteiger partial charge in [0.1, 0.15) is 6.54 Å². The monoisotopic (exact) mass is 508 g/mol. The van der Waals surface area contributed by atoms with Crippen LogP contribution in [0.25, 0.3) is 16.7 Å². The van der Waals surface area contributed by atoms with E-state index in [9.17, 15) is 19.2 Å². The Hall–Kier alpha value is -3.43. The van der Waals surface area contributed by atoms with Crippen LogP contribution in [0.2, 0.25) is 0 Å². The summed E-state index contributed by atoms with van der Waals surface area (Å²) in [7, 11) is 0. The van der Waals surface area contributed by atoms with E-state index in [0.29, 0.717) is 29.4 Å². The molecule has 2 fully saturated rings. The van der Waals surface area contributed by atoms with Crippen molar-refractivity contribution in [3.05, 3.63) is 44.6 Å². The number of hydrogen-bond donors (Lipinski definition) is 2. The summed E-state index contributed by atoms with van der Waals surface area (Å²) in [5.74, 6) is -0.301. The topological polar surface area (TPSA) is 120 Å². The number of benzene rings is 1. The number of hydrogen-bond acceptors (Lipinski definition) is 5. The zero-order valence-electron chi connectivity index (χ0n) is 21.5. The van der Waals surface area contributed by atoms with Crippen LogP contribution < -0.4 is 21.9 Å². The van der Waals surface area contributed by atoms with E-state index < -0.39 is 5.69 Å². The molecule has 10 heteroatoms. The first kappa shape index (κ1) is 25.2. The molecular formula is C27H36N6O4. The van der Waals surface area contributed by atoms with E-state index in [1.54, 1.807) is 18.2 Å². The van der Waals surface area contributed by atoms with Gasteiger partial charge in [0.15, 0.2) is 0 Å². The van der Waals surface area contributed by atoms with Crippen molar-refractivity contribution in [1.29, 1.82) is 0 Å². The summed E-state index contributed by atoms with van der Waals surface area (Å²) in [5.41, 5.74) is -0.0600. The predicted molar refractivity (Wildman–Crippen MR) is 141 cm³/mol. The van der Waals surface area contributed by atoms with E-state index in [0.717, 1.165) is 56.0 Å². The van der Waals surface area contributed by atoms with E-state index in [2.05, 4.69) is 15.7 Å². The van der Waals surface area contributed by atoms with Crippen LogP contribution in [-0.4, -0.2) is 42.6 Å². The summed E-state index contributed by atoms with van der Waals surface area (Å²) in [6.45, 7) is 2.10. The molecule has 0 bridgehead atoms. The molecule has 0 aliphatic heterocycles. The van der Waals surface area contributed by atoms with Crippen molar-refractivity contribution in [3.8, 4) is 0 Å². The van der Waals surface area contributed by atoms with Gasteiger partial charge in [-0.15, -0.1) is 5.10 Å². The molecule has 0 saturated heterocycles. The van der Waals surface area contributed by atoms with Gasteiger partial charge >= 0.3 is 5.69 Å². The van der Waals surface area contributed by atoms with E-state index in [1.165, 1.54) is 21.8 Å². The Morgan fingerprint density at radius 3 is 2.24 bits per heavy atom. The third-order valence-corrected chi connectivity index (χ3v) is 7.69.